The lowest BCUT2D eigenvalue weighted by molar-refractivity contribution is 0.425. The molecule has 2 N–H and O–H groups in total. The minimum Gasteiger partial charge on any atom is -0.396 e. The fourth-order valence-electron chi connectivity index (χ4n) is 1.24. The van der Waals surface area contributed by atoms with Gasteiger partial charge in [0.25, 0.3) is 5.89 Å². The van der Waals surface area contributed by atoms with Gasteiger partial charge in [0, 0.05) is 5.56 Å². The van der Waals surface area contributed by atoms with Crippen LogP contribution in [-0.4, -0.2) is 16.4 Å². The van der Waals surface area contributed by atoms with Gasteiger partial charge in [-0.25, -0.2) is 4.39 Å². The van der Waals surface area contributed by atoms with Crippen LogP contribution in [-0.2, 0) is 5.75 Å². The topological polar surface area (TPSA) is 64.9 Å². The van der Waals surface area contributed by atoms with Crippen molar-refractivity contribution in [1.82, 2.24) is 10.1 Å². The third-order valence-electron chi connectivity index (χ3n) is 1.98. The van der Waals surface area contributed by atoms with E-state index in [2.05, 4.69) is 10.1 Å². The first-order valence-corrected chi connectivity index (χ1v) is 5.97. The van der Waals surface area contributed by atoms with E-state index in [9.17, 15) is 4.39 Å². The minimum atomic E-state index is -0.451. The average Bonchev–Trinajstić information content (AvgIpc) is 2.71. The summed E-state index contributed by atoms with van der Waals surface area (Å²) in [4.78, 5) is 4.16. The zero-order valence-electron chi connectivity index (χ0n) is 8.61. The van der Waals surface area contributed by atoms with E-state index in [0.717, 1.165) is 0 Å². The van der Waals surface area contributed by atoms with Crippen LogP contribution in [0.2, 0.25) is 0 Å². The predicted octanol–water partition coefficient (Wildman–Crippen LogP) is 2.32. The van der Waals surface area contributed by atoms with Crippen molar-refractivity contribution in [2.24, 2.45) is 0 Å². The molecule has 1 aromatic carbocycles. The third-order valence-corrected chi connectivity index (χ3v) is 2.53. The largest absolute Gasteiger partial charge is 0.396 e. The van der Waals surface area contributed by atoms with Crippen molar-refractivity contribution in [3.8, 4) is 11.5 Å². The molecule has 84 valence electrons. The number of hydrogen-bond donors (Lipinski definition) is 1. The number of nitrogens with zero attached hydrogens (tertiary/aromatic N) is 2. The van der Waals surface area contributed by atoms with Gasteiger partial charge < -0.3 is 10.3 Å². The Morgan fingerprint density at radius 2 is 2.31 bits per heavy atom. The minimum absolute atomic E-state index is 0.0714. The second kappa shape index (κ2) is 4.52. The van der Waals surface area contributed by atoms with Gasteiger partial charge in [0.05, 0.1) is 11.4 Å². The molecule has 0 atom stereocenters. The monoisotopic (exact) mass is 239 g/mol. The number of rotatable bonds is 3. The second-order valence-corrected chi connectivity index (χ2v) is 4.05. The van der Waals surface area contributed by atoms with E-state index >= 15 is 0 Å². The number of nitrogen functional groups attached to an aromatic ring is 1. The molecular formula is C10H10FN3OS. The molecule has 1 heterocycles. The van der Waals surface area contributed by atoms with Crippen molar-refractivity contribution in [2.75, 3.05) is 12.0 Å². The molecule has 0 fully saturated rings. The van der Waals surface area contributed by atoms with Gasteiger partial charge in [0.2, 0.25) is 0 Å². The van der Waals surface area contributed by atoms with Gasteiger partial charge in [0.15, 0.2) is 5.82 Å². The molecule has 0 saturated carbocycles. The molecular weight excluding hydrogens is 229 g/mol. The quantitative estimate of drug-likeness (QED) is 0.833. The van der Waals surface area contributed by atoms with Crippen LogP contribution in [0.4, 0.5) is 10.1 Å². The van der Waals surface area contributed by atoms with E-state index in [4.69, 9.17) is 10.3 Å². The molecule has 0 amide bonds. The van der Waals surface area contributed by atoms with E-state index in [0.29, 0.717) is 23.0 Å². The fourth-order valence-corrected chi connectivity index (χ4v) is 1.61. The van der Waals surface area contributed by atoms with Crippen LogP contribution in [0.5, 0.6) is 0 Å². The van der Waals surface area contributed by atoms with E-state index in [1.807, 2.05) is 6.26 Å². The summed E-state index contributed by atoms with van der Waals surface area (Å²) in [5, 5.41) is 3.79. The molecule has 6 heteroatoms. The summed E-state index contributed by atoms with van der Waals surface area (Å²) in [5.74, 6) is 1.20. The van der Waals surface area contributed by atoms with Crippen molar-refractivity contribution < 1.29 is 8.91 Å². The van der Waals surface area contributed by atoms with Gasteiger partial charge in [-0.1, -0.05) is 5.16 Å². The highest BCUT2D eigenvalue weighted by molar-refractivity contribution is 7.97. The van der Waals surface area contributed by atoms with Crippen LogP contribution in [0.3, 0.4) is 0 Å². The third kappa shape index (κ3) is 2.16. The molecule has 16 heavy (non-hydrogen) atoms. The Balaban J connectivity index is 2.31. The normalized spacial score (nSPS) is 10.6. The van der Waals surface area contributed by atoms with E-state index in [1.165, 1.54) is 12.1 Å². The Morgan fingerprint density at radius 3 is 3.00 bits per heavy atom. The van der Waals surface area contributed by atoms with Crippen LogP contribution >= 0.6 is 11.8 Å². The number of benzene rings is 1. The molecule has 0 unspecified atom stereocenters. The summed E-state index contributed by atoms with van der Waals surface area (Å²) >= 11 is 1.60. The first-order chi connectivity index (χ1) is 7.70. The van der Waals surface area contributed by atoms with Crippen LogP contribution in [0.1, 0.15) is 5.82 Å². The maximum Gasteiger partial charge on any atom is 0.258 e. The second-order valence-electron chi connectivity index (χ2n) is 3.19. The Labute approximate surface area is 96.0 Å². The number of halogens is 1. The molecule has 0 aliphatic rings. The van der Waals surface area contributed by atoms with Crippen molar-refractivity contribution in [1.29, 1.82) is 0 Å². The highest BCUT2D eigenvalue weighted by Crippen LogP contribution is 2.22. The van der Waals surface area contributed by atoms with Gasteiger partial charge in [0.1, 0.15) is 5.82 Å². The predicted molar refractivity (Wildman–Crippen MR) is 61.3 cm³/mol. The fraction of sp³-hybridized carbons (Fsp3) is 0.200. The summed E-state index contributed by atoms with van der Waals surface area (Å²) in [7, 11) is 0. The standard InChI is InChI=1S/C10H10FN3OS/c1-16-5-9-13-10(15-14-9)6-2-3-7(11)8(12)4-6/h2-4H,5,12H2,1H3. The maximum absolute atomic E-state index is 12.9. The van der Waals surface area contributed by atoms with Crippen molar-refractivity contribution >= 4 is 17.4 Å². The van der Waals surface area contributed by atoms with Gasteiger partial charge in [-0.2, -0.15) is 16.7 Å². The Hall–Kier alpha value is -1.56. The van der Waals surface area contributed by atoms with E-state index < -0.39 is 5.82 Å². The average molecular weight is 239 g/mol. The number of anilines is 1. The highest BCUT2D eigenvalue weighted by atomic mass is 32.2. The first-order valence-electron chi connectivity index (χ1n) is 4.57. The Morgan fingerprint density at radius 1 is 1.50 bits per heavy atom. The number of hydrogen-bond acceptors (Lipinski definition) is 5. The van der Waals surface area contributed by atoms with Crippen LogP contribution in [0, 0.1) is 5.82 Å². The number of nitrogens with two attached hydrogens (primary N) is 1. The first kappa shape index (κ1) is 10.9. The molecule has 0 radical (unpaired) electrons. The molecule has 1 aromatic heterocycles. The van der Waals surface area contributed by atoms with Gasteiger partial charge in [-0.15, -0.1) is 0 Å². The van der Waals surface area contributed by atoms with Gasteiger partial charge in [-0.05, 0) is 24.5 Å². The molecule has 4 nitrogen and oxygen atoms in total. The number of aromatic nitrogens is 2. The van der Waals surface area contributed by atoms with Crippen molar-refractivity contribution in [3.05, 3.63) is 29.8 Å². The van der Waals surface area contributed by atoms with Crippen LogP contribution in [0.25, 0.3) is 11.5 Å². The Bertz CT molecular complexity index is 501. The SMILES string of the molecule is CSCc1noc(-c2ccc(F)c(N)c2)n1. The molecule has 2 aromatic rings. The summed E-state index contributed by atoms with van der Waals surface area (Å²) in [6.45, 7) is 0. The van der Waals surface area contributed by atoms with Crippen molar-refractivity contribution in [2.45, 2.75) is 5.75 Å². The maximum atomic E-state index is 12.9. The molecule has 0 saturated heterocycles. The smallest absolute Gasteiger partial charge is 0.258 e. The zero-order valence-corrected chi connectivity index (χ0v) is 9.42. The van der Waals surface area contributed by atoms with Gasteiger partial charge >= 0.3 is 0 Å². The number of thioether (sulfide) groups is 1. The lowest BCUT2D eigenvalue weighted by Crippen LogP contribution is -1.91. The summed E-state index contributed by atoms with van der Waals surface area (Å²) in [5.41, 5.74) is 6.15. The van der Waals surface area contributed by atoms with Crippen LogP contribution in [0.15, 0.2) is 22.7 Å². The molecule has 2 rings (SSSR count). The highest BCUT2D eigenvalue weighted by Gasteiger charge is 2.09. The van der Waals surface area contributed by atoms with E-state index in [-0.39, 0.29) is 5.69 Å². The lowest BCUT2D eigenvalue weighted by atomic mass is 10.2. The van der Waals surface area contributed by atoms with Gasteiger partial charge in [-0.3, -0.25) is 0 Å². The molecule has 0 aliphatic heterocycles. The molecule has 0 spiro atoms. The molecule has 0 bridgehead atoms. The van der Waals surface area contributed by atoms with Crippen molar-refractivity contribution in [3.63, 3.8) is 0 Å². The van der Waals surface area contributed by atoms with E-state index in [1.54, 1.807) is 17.8 Å². The summed E-state index contributed by atoms with van der Waals surface area (Å²) in [6.07, 6.45) is 1.95. The summed E-state index contributed by atoms with van der Waals surface area (Å²) < 4.78 is 18.0. The lowest BCUT2D eigenvalue weighted by Gasteiger charge is -1.97. The Kier molecular flexibility index (Phi) is 3.09. The van der Waals surface area contributed by atoms with Crippen LogP contribution < -0.4 is 5.73 Å². The summed E-state index contributed by atoms with van der Waals surface area (Å²) in [6, 6.07) is 4.32. The zero-order chi connectivity index (χ0) is 11.5. The molecule has 0 aliphatic carbocycles.